The summed E-state index contributed by atoms with van der Waals surface area (Å²) < 4.78 is 0. The molecule has 0 aliphatic carbocycles. The fraction of sp³-hybridized carbons (Fsp3) is 0.345. The fourth-order valence-corrected chi connectivity index (χ4v) is 5.08. The number of β-amino-alcohol motifs (C(OH)–C–C–N with tert-alkyl or cyclic N) is 1. The number of aliphatic hydroxyl groups is 1. The van der Waals surface area contributed by atoms with E-state index in [-0.39, 0.29) is 11.9 Å². The smallest absolute Gasteiger partial charge is 0.256 e. The van der Waals surface area contributed by atoms with E-state index in [9.17, 15) is 9.90 Å². The molecule has 0 spiro atoms. The van der Waals surface area contributed by atoms with Gasteiger partial charge in [-0.1, -0.05) is 60.5 Å². The number of hydrogen-bond acceptors (Lipinski definition) is 5. The first kappa shape index (κ1) is 27.4. The second-order valence-electron chi connectivity index (χ2n) is 9.52. The molecular weight excluding hydrogens is 507 g/mol. The van der Waals surface area contributed by atoms with Crippen LogP contribution in [0.2, 0.25) is 10.0 Å². The Morgan fingerprint density at radius 3 is 2.41 bits per heavy atom. The number of rotatable bonds is 10. The molecule has 1 saturated heterocycles. The van der Waals surface area contributed by atoms with Gasteiger partial charge >= 0.3 is 0 Å². The lowest BCUT2D eigenvalue weighted by atomic mass is 10.1. The number of para-hydroxylation sites is 1. The van der Waals surface area contributed by atoms with Crippen LogP contribution in [0.15, 0.2) is 72.8 Å². The van der Waals surface area contributed by atoms with Crippen LogP contribution in [-0.2, 0) is 6.54 Å². The minimum absolute atomic E-state index is 0.115. The van der Waals surface area contributed by atoms with Crippen molar-refractivity contribution in [3.63, 3.8) is 0 Å². The number of anilines is 2. The summed E-state index contributed by atoms with van der Waals surface area (Å²) in [7, 11) is 2.09. The number of halogens is 2. The summed E-state index contributed by atoms with van der Waals surface area (Å²) in [6, 6.07) is 22.7. The average Bonchev–Trinajstić information content (AvgIpc) is 3.27. The molecule has 3 aromatic rings. The highest BCUT2D eigenvalue weighted by Crippen LogP contribution is 2.28. The normalized spacial score (nSPS) is 17.5. The van der Waals surface area contributed by atoms with Gasteiger partial charge in [0, 0.05) is 48.5 Å². The van der Waals surface area contributed by atoms with E-state index >= 15 is 0 Å². The van der Waals surface area contributed by atoms with Gasteiger partial charge < -0.3 is 20.2 Å². The fourth-order valence-electron chi connectivity index (χ4n) is 4.79. The summed E-state index contributed by atoms with van der Waals surface area (Å²) in [5.41, 5.74) is 3.26. The highest BCUT2D eigenvalue weighted by molar-refractivity contribution is 6.31. The van der Waals surface area contributed by atoms with Crippen LogP contribution in [0, 0.1) is 0 Å². The second-order valence-corrected chi connectivity index (χ2v) is 10.4. The third-order valence-corrected chi connectivity index (χ3v) is 7.31. The Morgan fingerprint density at radius 1 is 1.00 bits per heavy atom. The van der Waals surface area contributed by atoms with Gasteiger partial charge in [-0.3, -0.25) is 9.69 Å². The molecule has 1 aliphatic heterocycles. The number of carbonyl (C=O) groups is 1. The molecule has 0 saturated carbocycles. The number of amides is 1. The van der Waals surface area contributed by atoms with Crippen molar-refractivity contribution in [1.82, 2.24) is 14.7 Å². The summed E-state index contributed by atoms with van der Waals surface area (Å²) in [5.74, 6) is -0.118. The Balaban J connectivity index is 1.39. The first-order valence-corrected chi connectivity index (χ1v) is 13.4. The Bertz CT molecular complexity index is 1180. The molecule has 2 N–H and O–H groups in total. The number of carbonyl (C=O) groups excluding carboxylic acids is 1. The van der Waals surface area contributed by atoms with Crippen LogP contribution >= 0.6 is 23.2 Å². The van der Waals surface area contributed by atoms with Gasteiger partial charge in [-0.25, -0.2) is 0 Å². The van der Waals surface area contributed by atoms with Crippen molar-refractivity contribution in [2.45, 2.75) is 25.6 Å². The Kier molecular flexibility index (Phi) is 9.46. The lowest BCUT2D eigenvalue weighted by molar-refractivity contribution is 0.0757. The van der Waals surface area contributed by atoms with Gasteiger partial charge in [0.05, 0.1) is 23.4 Å². The summed E-state index contributed by atoms with van der Waals surface area (Å²) >= 11 is 12.3. The van der Waals surface area contributed by atoms with E-state index in [1.54, 1.807) is 23.1 Å². The van der Waals surface area contributed by atoms with Crippen molar-refractivity contribution in [3.05, 3.63) is 94.0 Å². The molecule has 4 rings (SSSR count). The summed E-state index contributed by atoms with van der Waals surface area (Å²) in [4.78, 5) is 19.8. The monoisotopic (exact) mass is 540 g/mol. The van der Waals surface area contributed by atoms with Crippen LogP contribution in [-0.4, -0.2) is 77.6 Å². The largest absolute Gasteiger partial charge is 0.390 e. The molecule has 1 fully saturated rings. The maximum atomic E-state index is 13.6. The van der Waals surface area contributed by atoms with Crippen molar-refractivity contribution in [2.24, 2.45) is 0 Å². The first-order chi connectivity index (χ1) is 17.8. The van der Waals surface area contributed by atoms with Crippen LogP contribution in [0.3, 0.4) is 0 Å². The molecule has 37 heavy (non-hydrogen) atoms. The number of likely N-dealkylation sites (tertiary alicyclic amines) is 1. The highest BCUT2D eigenvalue weighted by atomic mass is 35.5. The van der Waals surface area contributed by atoms with E-state index in [4.69, 9.17) is 23.2 Å². The van der Waals surface area contributed by atoms with Crippen LogP contribution in [0.25, 0.3) is 0 Å². The Hall–Kier alpha value is -2.61. The summed E-state index contributed by atoms with van der Waals surface area (Å²) in [6.45, 7) is 6.12. The molecule has 3 aromatic carbocycles. The van der Waals surface area contributed by atoms with Crippen molar-refractivity contribution >= 4 is 40.5 Å². The van der Waals surface area contributed by atoms with Gasteiger partial charge in [0.1, 0.15) is 0 Å². The topological polar surface area (TPSA) is 59.0 Å². The van der Waals surface area contributed by atoms with Crippen LogP contribution in [0.5, 0.6) is 0 Å². The molecule has 0 aromatic heterocycles. The van der Waals surface area contributed by atoms with Crippen molar-refractivity contribution in [2.75, 3.05) is 45.1 Å². The average molecular weight is 542 g/mol. The molecule has 196 valence electrons. The molecule has 2 atom stereocenters. The van der Waals surface area contributed by atoms with Crippen molar-refractivity contribution < 1.29 is 9.90 Å². The minimum atomic E-state index is -0.608. The molecule has 0 bridgehead atoms. The number of benzene rings is 3. The highest BCUT2D eigenvalue weighted by Gasteiger charge is 2.38. The van der Waals surface area contributed by atoms with E-state index in [1.807, 2.05) is 54.6 Å². The number of nitrogens with zero attached hydrogens (tertiary/aromatic N) is 3. The van der Waals surface area contributed by atoms with E-state index in [2.05, 4.69) is 29.1 Å². The van der Waals surface area contributed by atoms with Gasteiger partial charge in [-0.15, -0.1) is 0 Å². The van der Waals surface area contributed by atoms with Gasteiger partial charge in [0.2, 0.25) is 0 Å². The number of likely N-dealkylation sites (N-methyl/N-ethyl adjacent to an activating group) is 2. The van der Waals surface area contributed by atoms with E-state index in [1.165, 1.54) is 5.56 Å². The maximum absolute atomic E-state index is 13.6. The second kappa shape index (κ2) is 12.8. The molecule has 0 radical (unpaired) electrons. The molecule has 0 unspecified atom stereocenters. The Labute approximate surface area is 229 Å². The van der Waals surface area contributed by atoms with Crippen LogP contribution in [0.1, 0.15) is 22.8 Å². The zero-order chi connectivity index (χ0) is 26.4. The van der Waals surface area contributed by atoms with Crippen molar-refractivity contribution in [3.8, 4) is 0 Å². The van der Waals surface area contributed by atoms with Crippen LogP contribution < -0.4 is 5.32 Å². The first-order valence-electron chi connectivity index (χ1n) is 12.6. The zero-order valence-corrected chi connectivity index (χ0v) is 22.8. The number of nitrogens with one attached hydrogen (secondary N) is 1. The summed E-state index contributed by atoms with van der Waals surface area (Å²) in [5, 5.41) is 15.5. The molecule has 1 heterocycles. The van der Waals surface area contributed by atoms with E-state index in [0.29, 0.717) is 29.4 Å². The van der Waals surface area contributed by atoms with Gasteiger partial charge in [0.15, 0.2) is 0 Å². The zero-order valence-electron chi connectivity index (χ0n) is 21.3. The third kappa shape index (κ3) is 7.24. The Morgan fingerprint density at radius 2 is 1.70 bits per heavy atom. The van der Waals surface area contributed by atoms with Gasteiger partial charge in [0.25, 0.3) is 5.91 Å². The summed E-state index contributed by atoms with van der Waals surface area (Å²) in [6.07, 6.45) is -0.608. The molecule has 1 aliphatic rings. The molecule has 6 nitrogen and oxygen atoms in total. The number of aliphatic hydroxyl groups excluding tert-OH is 1. The number of hydrogen-bond donors (Lipinski definition) is 2. The lowest BCUT2D eigenvalue weighted by Gasteiger charge is -2.31. The lowest BCUT2D eigenvalue weighted by Crippen LogP contribution is -2.46. The SMILES string of the molecule is CCN(CCN(C)Cc1ccc(Cl)cc1)[C@@H]1CN(C(=O)c2ccc(Cl)cc2Nc2ccccc2)C[C@H]1O. The van der Waals surface area contributed by atoms with E-state index < -0.39 is 6.10 Å². The minimum Gasteiger partial charge on any atom is -0.390 e. The molecular formula is C29H34Cl2N4O2. The van der Waals surface area contributed by atoms with Gasteiger partial charge in [-0.2, -0.15) is 0 Å². The maximum Gasteiger partial charge on any atom is 0.256 e. The standard InChI is InChI=1S/C29H34Cl2N4O2/c1-3-34(16-15-33(2)18-21-9-11-22(30)12-10-21)27-19-35(20-28(27)36)29(37)25-14-13-23(31)17-26(25)32-24-7-5-4-6-8-24/h4-14,17,27-28,32,36H,3,15-16,18-20H2,1-2H3/t27-,28-/m1/s1. The van der Waals surface area contributed by atoms with Gasteiger partial charge in [-0.05, 0) is 61.6 Å². The third-order valence-electron chi connectivity index (χ3n) is 6.82. The quantitative estimate of drug-likeness (QED) is 0.361. The van der Waals surface area contributed by atoms with Crippen LogP contribution in [0.4, 0.5) is 11.4 Å². The predicted octanol–water partition coefficient (Wildman–Crippen LogP) is 5.38. The van der Waals surface area contributed by atoms with Crippen molar-refractivity contribution in [1.29, 1.82) is 0 Å². The van der Waals surface area contributed by atoms with E-state index in [0.717, 1.165) is 36.9 Å². The predicted molar refractivity (Wildman–Crippen MR) is 152 cm³/mol. The molecule has 8 heteroatoms. The molecule has 1 amide bonds.